The monoisotopic (exact) mass is 985 g/mol. The predicted molar refractivity (Wildman–Crippen MR) is 320 cm³/mol. The standard InChI is InChI=1S/C71H77BN2O/c1-42-34-51-53(69(11,12)29-28-67(51,7)8)40-57(42)74-58-37-45(65(2,3)4)22-25-56(58)72-62-59(35-44(36-60(62)74)48-21-17-19-43-18-15-16-20-47(43)48)73(46-23-24-50-52(38-46)68(9,10)27-26-66(50,5)6)63-49-39-54-55(41-61(49)75-64(63)72)71(14)32-30-70(54,13)31-33-71/h15-25,34-41H,26-33H2,1-14H3. The Hall–Kier alpha value is -6.00. The Morgan fingerprint density at radius 1 is 0.480 bits per heavy atom. The van der Waals surface area contributed by atoms with Crippen LogP contribution in [0.1, 0.15) is 186 Å². The second kappa shape index (κ2) is 15.1. The van der Waals surface area contributed by atoms with Crippen molar-refractivity contribution < 1.29 is 4.42 Å². The van der Waals surface area contributed by atoms with Gasteiger partial charge in [-0.2, -0.15) is 0 Å². The number of furan rings is 1. The lowest BCUT2D eigenvalue weighted by Gasteiger charge is -2.52. The lowest BCUT2D eigenvalue weighted by Crippen LogP contribution is -2.61. The highest BCUT2D eigenvalue weighted by molar-refractivity contribution is 7.00. The molecule has 8 aromatic rings. The number of rotatable bonds is 3. The fourth-order valence-electron chi connectivity index (χ4n) is 15.7. The summed E-state index contributed by atoms with van der Waals surface area (Å²) < 4.78 is 7.79. The number of hydrogen-bond donors (Lipinski definition) is 0. The molecule has 75 heavy (non-hydrogen) atoms. The van der Waals surface area contributed by atoms with Gasteiger partial charge in [0.25, 0.3) is 6.71 Å². The minimum Gasteiger partial charge on any atom is -0.468 e. The third-order valence-electron chi connectivity index (χ3n) is 21.0. The first kappa shape index (κ1) is 47.5. The SMILES string of the molecule is Cc1cc2c(cc1N1c3cc(C(C)(C)C)ccc3B3c4oc5cc6c(cc5c4N(c4ccc5c(c4)C(C)(C)CCC5(C)C)c4cc(-c5cccc7ccccc57)cc1c43)C1(C)CCC6(C)CC1)C(C)(C)CCC2(C)C. The van der Waals surface area contributed by atoms with Crippen LogP contribution in [0.4, 0.5) is 34.1 Å². The molecule has 1 aromatic heterocycles. The van der Waals surface area contributed by atoms with E-state index in [2.05, 4.69) is 222 Å². The summed E-state index contributed by atoms with van der Waals surface area (Å²) in [6.07, 6.45) is 9.63. The van der Waals surface area contributed by atoms with E-state index in [0.717, 1.165) is 24.1 Å². The van der Waals surface area contributed by atoms with Crippen LogP contribution in [-0.4, -0.2) is 6.71 Å². The molecule has 3 heterocycles. The zero-order valence-electron chi connectivity index (χ0n) is 47.5. The Kier molecular flexibility index (Phi) is 9.58. The van der Waals surface area contributed by atoms with Crippen LogP contribution < -0.4 is 26.4 Å². The maximum Gasteiger partial charge on any atom is 0.297 e. The van der Waals surface area contributed by atoms with Gasteiger partial charge in [-0.25, -0.2) is 0 Å². The van der Waals surface area contributed by atoms with Gasteiger partial charge in [0, 0.05) is 33.8 Å². The first-order valence-corrected chi connectivity index (χ1v) is 28.7. The summed E-state index contributed by atoms with van der Waals surface area (Å²) in [5, 5.41) is 3.77. The van der Waals surface area contributed by atoms with Crippen molar-refractivity contribution in [3.63, 3.8) is 0 Å². The van der Waals surface area contributed by atoms with Crippen molar-refractivity contribution in [3.8, 4) is 11.1 Å². The van der Waals surface area contributed by atoms with Gasteiger partial charge in [0.05, 0.1) is 11.3 Å². The summed E-state index contributed by atoms with van der Waals surface area (Å²) in [4.78, 5) is 5.41. The molecule has 4 heteroatoms. The van der Waals surface area contributed by atoms with Crippen LogP contribution in [0.25, 0.3) is 32.9 Å². The summed E-state index contributed by atoms with van der Waals surface area (Å²) in [6, 6.07) is 46.4. The second-order valence-electron chi connectivity index (χ2n) is 28.9. The van der Waals surface area contributed by atoms with Gasteiger partial charge in [-0.3, -0.25) is 0 Å². The number of fused-ring (bicyclic) bond motifs is 11. The van der Waals surface area contributed by atoms with Crippen molar-refractivity contribution >= 4 is 79.2 Å². The molecule has 0 radical (unpaired) electrons. The maximum atomic E-state index is 7.79. The van der Waals surface area contributed by atoms with Crippen LogP contribution in [0.3, 0.4) is 0 Å². The zero-order valence-corrected chi connectivity index (χ0v) is 47.5. The summed E-state index contributed by atoms with van der Waals surface area (Å²) in [5.74, 6) is 0. The molecule has 15 rings (SSSR count). The highest BCUT2D eigenvalue weighted by Crippen LogP contribution is 2.59. The average Bonchev–Trinajstić information content (AvgIpc) is 3.76. The Morgan fingerprint density at radius 3 is 1.73 bits per heavy atom. The molecule has 0 unspecified atom stereocenters. The highest BCUT2D eigenvalue weighted by Gasteiger charge is 2.52. The molecule has 3 nitrogen and oxygen atoms in total. The molecule has 2 bridgehead atoms. The van der Waals surface area contributed by atoms with E-state index >= 15 is 0 Å². The molecular formula is C71H77BN2O. The van der Waals surface area contributed by atoms with Crippen LogP contribution >= 0.6 is 0 Å². The molecule has 0 N–H and O–H groups in total. The van der Waals surface area contributed by atoms with Gasteiger partial charge in [0.2, 0.25) is 0 Å². The fourth-order valence-corrected chi connectivity index (χ4v) is 15.7. The summed E-state index contributed by atoms with van der Waals surface area (Å²) in [7, 11) is 0. The van der Waals surface area contributed by atoms with E-state index in [-0.39, 0.29) is 44.6 Å². The predicted octanol–water partition coefficient (Wildman–Crippen LogP) is 17.7. The largest absolute Gasteiger partial charge is 0.468 e. The van der Waals surface area contributed by atoms with Crippen molar-refractivity contribution in [1.29, 1.82) is 0 Å². The van der Waals surface area contributed by atoms with E-state index in [1.165, 1.54) is 150 Å². The van der Waals surface area contributed by atoms with Crippen molar-refractivity contribution in [2.45, 2.75) is 186 Å². The van der Waals surface area contributed by atoms with Gasteiger partial charge in [-0.1, -0.05) is 157 Å². The van der Waals surface area contributed by atoms with Crippen molar-refractivity contribution in [1.82, 2.24) is 0 Å². The molecular weight excluding hydrogens is 908 g/mol. The third kappa shape index (κ3) is 6.65. The van der Waals surface area contributed by atoms with E-state index in [0.29, 0.717) is 0 Å². The van der Waals surface area contributed by atoms with Gasteiger partial charge in [-0.05, 0) is 222 Å². The van der Waals surface area contributed by atoms with Crippen molar-refractivity contribution in [2.24, 2.45) is 0 Å². The first-order chi connectivity index (χ1) is 35.4. The molecule has 1 saturated carbocycles. The number of benzene rings is 7. The Labute approximate surface area is 448 Å². The molecule has 0 spiro atoms. The van der Waals surface area contributed by atoms with Crippen LogP contribution in [0, 0.1) is 6.92 Å². The number of hydrogen-bond acceptors (Lipinski definition) is 3. The molecule has 7 aromatic carbocycles. The average molecular weight is 985 g/mol. The summed E-state index contributed by atoms with van der Waals surface area (Å²) >= 11 is 0. The maximum absolute atomic E-state index is 7.79. The van der Waals surface area contributed by atoms with E-state index in [9.17, 15) is 0 Å². The van der Waals surface area contributed by atoms with Gasteiger partial charge >= 0.3 is 0 Å². The van der Waals surface area contributed by atoms with E-state index < -0.39 is 0 Å². The van der Waals surface area contributed by atoms with Gasteiger partial charge in [-0.15, -0.1) is 0 Å². The smallest absolute Gasteiger partial charge is 0.297 e. The van der Waals surface area contributed by atoms with Crippen molar-refractivity contribution in [2.75, 3.05) is 9.80 Å². The molecule has 0 amide bonds. The quantitative estimate of drug-likeness (QED) is 0.165. The third-order valence-corrected chi connectivity index (χ3v) is 21.0. The molecule has 380 valence electrons. The van der Waals surface area contributed by atoms with Gasteiger partial charge in [0.1, 0.15) is 5.58 Å². The molecule has 7 aliphatic rings. The number of nitrogens with zero attached hydrogens (tertiary/aromatic N) is 2. The topological polar surface area (TPSA) is 19.6 Å². The lowest BCUT2D eigenvalue weighted by atomic mass is 9.35. The molecule has 1 fully saturated rings. The van der Waals surface area contributed by atoms with E-state index in [1.807, 2.05) is 0 Å². The second-order valence-corrected chi connectivity index (χ2v) is 28.9. The summed E-state index contributed by atoms with van der Waals surface area (Å²) in [6.45, 7) is 34.2. The van der Waals surface area contributed by atoms with E-state index in [1.54, 1.807) is 5.56 Å². The van der Waals surface area contributed by atoms with E-state index in [4.69, 9.17) is 4.42 Å². The Bertz CT molecular complexity index is 3780. The van der Waals surface area contributed by atoms with Crippen LogP contribution in [-0.2, 0) is 37.9 Å². The normalized spacial score (nSPS) is 23.1. The lowest BCUT2D eigenvalue weighted by molar-refractivity contribution is 0.188. The Balaban J connectivity index is 1.15. The molecule has 2 aliphatic heterocycles. The van der Waals surface area contributed by atoms with Crippen LogP contribution in [0.5, 0.6) is 0 Å². The fraction of sp³-hybridized carbons (Fsp3) is 0.408. The minimum absolute atomic E-state index is 0.0277. The highest BCUT2D eigenvalue weighted by atomic mass is 16.3. The Morgan fingerprint density at radius 2 is 1.07 bits per heavy atom. The number of anilines is 6. The van der Waals surface area contributed by atoms with Crippen molar-refractivity contribution in [3.05, 3.63) is 160 Å². The molecule has 5 aliphatic carbocycles. The van der Waals surface area contributed by atoms with Crippen LogP contribution in [0.15, 0.2) is 120 Å². The van der Waals surface area contributed by atoms with Gasteiger partial charge in [0.15, 0.2) is 0 Å². The first-order valence-electron chi connectivity index (χ1n) is 28.7. The molecule has 0 atom stereocenters. The zero-order chi connectivity index (χ0) is 52.3. The minimum atomic E-state index is -0.142. The van der Waals surface area contributed by atoms with Crippen LogP contribution in [0.2, 0.25) is 0 Å². The number of aryl methyl sites for hydroxylation is 1. The summed E-state index contributed by atoms with van der Waals surface area (Å²) in [5.41, 5.74) is 26.8. The molecule has 0 saturated heterocycles. The van der Waals surface area contributed by atoms with Gasteiger partial charge < -0.3 is 14.2 Å².